The van der Waals surface area contributed by atoms with Crippen molar-refractivity contribution in [1.29, 1.82) is 0 Å². The van der Waals surface area contributed by atoms with Gasteiger partial charge < -0.3 is 5.32 Å². The maximum atomic E-state index is 4.69. The first-order chi connectivity index (χ1) is 13.7. The van der Waals surface area contributed by atoms with Crippen LogP contribution in [0, 0.1) is 13.8 Å². The van der Waals surface area contributed by atoms with Gasteiger partial charge in [0.25, 0.3) is 0 Å². The van der Waals surface area contributed by atoms with Crippen molar-refractivity contribution < 1.29 is 0 Å². The molecular formula is C22H22N6. The van der Waals surface area contributed by atoms with E-state index in [0.29, 0.717) is 12.5 Å². The summed E-state index contributed by atoms with van der Waals surface area (Å²) in [5.41, 5.74) is 7.53. The van der Waals surface area contributed by atoms with Gasteiger partial charge in [0.1, 0.15) is 0 Å². The van der Waals surface area contributed by atoms with Crippen molar-refractivity contribution in [1.82, 2.24) is 24.3 Å². The molecule has 140 valence electrons. The number of hydrogen-bond acceptors (Lipinski definition) is 5. The molecule has 6 heteroatoms. The molecule has 1 saturated carbocycles. The Kier molecular flexibility index (Phi) is 4.04. The minimum absolute atomic E-state index is 0.654. The molecule has 5 rings (SSSR count). The average Bonchev–Trinajstić information content (AvgIpc) is 3.45. The summed E-state index contributed by atoms with van der Waals surface area (Å²) in [5, 5.41) is 3.43. The van der Waals surface area contributed by atoms with Crippen LogP contribution in [0.2, 0.25) is 0 Å². The summed E-state index contributed by atoms with van der Waals surface area (Å²) >= 11 is 0. The first-order valence-corrected chi connectivity index (χ1v) is 9.63. The highest BCUT2D eigenvalue weighted by atomic mass is 15.1. The Labute approximate surface area is 163 Å². The molecule has 6 nitrogen and oxygen atoms in total. The zero-order valence-electron chi connectivity index (χ0n) is 16.1. The Morgan fingerprint density at radius 3 is 2.71 bits per heavy atom. The normalized spacial score (nSPS) is 13.8. The standard InChI is InChI=1S/C22H22N6/c1-14-9-16(11-25-20(14)18-5-6-23-15(2)10-18)12-26-21-22-27-13-19(17-3-4-17)28(22)8-7-24-21/h5-11,13,17H,3-4,12H2,1-2H3,(H,24,26). The summed E-state index contributed by atoms with van der Waals surface area (Å²) in [6.07, 6.45) is 12.1. The summed E-state index contributed by atoms with van der Waals surface area (Å²) in [6.45, 7) is 4.74. The molecule has 28 heavy (non-hydrogen) atoms. The van der Waals surface area contributed by atoms with Crippen molar-refractivity contribution in [3.05, 3.63) is 71.7 Å². The number of nitrogens with one attached hydrogen (secondary N) is 1. The van der Waals surface area contributed by atoms with Crippen molar-refractivity contribution in [2.75, 3.05) is 5.32 Å². The quantitative estimate of drug-likeness (QED) is 0.567. The van der Waals surface area contributed by atoms with E-state index >= 15 is 0 Å². The number of imidazole rings is 1. The fourth-order valence-electron chi connectivity index (χ4n) is 3.65. The molecule has 1 fully saturated rings. The molecule has 1 N–H and O–H groups in total. The molecule has 0 atom stereocenters. The number of nitrogens with zero attached hydrogens (tertiary/aromatic N) is 5. The van der Waals surface area contributed by atoms with Crippen LogP contribution in [0.1, 0.15) is 41.3 Å². The van der Waals surface area contributed by atoms with E-state index in [1.165, 1.54) is 18.5 Å². The number of hydrogen-bond donors (Lipinski definition) is 1. The highest BCUT2D eigenvalue weighted by Crippen LogP contribution is 2.40. The van der Waals surface area contributed by atoms with Crippen LogP contribution in [0.5, 0.6) is 0 Å². The molecule has 0 amide bonds. The van der Waals surface area contributed by atoms with Gasteiger partial charge >= 0.3 is 0 Å². The molecule has 4 aromatic heterocycles. The van der Waals surface area contributed by atoms with E-state index in [4.69, 9.17) is 4.98 Å². The zero-order valence-corrected chi connectivity index (χ0v) is 16.1. The van der Waals surface area contributed by atoms with Gasteiger partial charge in [-0.25, -0.2) is 9.97 Å². The molecule has 0 aliphatic heterocycles. The van der Waals surface area contributed by atoms with Crippen LogP contribution in [-0.4, -0.2) is 24.3 Å². The van der Waals surface area contributed by atoms with Gasteiger partial charge in [0.15, 0.2) is 11.5 Å². The molecule has 4 heterocycles. The Hall–Kier alpha value is -3.28. The second-order valence-corrected chi connectivity index (χ2v) is 7.48. The van der Waals surface area contributed by atoms with Gasteiger partial charge in [-0.1, -0.05) is 6.07 Å². The molecule has 0 radical (unpaired) electrons. The Morgan fingerprint density at radius 1 is 1.04 bits per heavy atom. The number of pyridine rings is 2. The van der Waals surface area contributed by atoms with E-state index in [9.17, 15) is 0 Å². The zero-order chi connectivity index (χ0) is 19.1. The topological polar surface area (TPSA) is 68.0 Å². The van der Waals surface area contributed by atoms with Gasteiger partial charge in [-0.15, -0.1) is 0 Å². The molecule has 1 aliphatic carbocycles. The first kappa shape index (κ1) is 16.9. The molecule has 0 bridgehead atoms. The van der Waals surface area contributed by atoms with Gasteiger partial charge in [0.2, 0.25) is 0 Å². The van der Waals surface area contributed by atoms with Gasteiger partial charge in [0.05, 0.1) is 5.69 Å². The highest BCUT2D eigenvalue weighted by Gasteiger charge is 2.27. The summed E-state index contributed by atoms with van der Waals surface area (Å²) in [7, 11) is 0. The van der Waals surface area contributed by atoms with Crippen LogP contribution >= 0.6 is 0 Å². The van der Waals surface area contributed by atoms with Crippen molar-refractivity contribution in [2.45, 2.75) is 39.2 Å². The Balaban J connectivity index is 1.37. The lowest BCUT2D eigenvalue weighted by molar-refractivity contribution is 0.967. The summed E-state index contributed by atoms with van der Waals surface area (Å²) < 4.78 is 2.16. The van der Waals surface area contributed by atoms with Gasteiger partial charge in [0, 0.05) is 60.4 Å². The Morgan fingerprint density at radius 2 is 1.93 bits per heavy atom. The van der Waals surface area contributed by atoms with E-state index in [1.54, 1.807) is 0 Å². The third-order valence-corrected chi connectivity index (χ3v) is 5.22. The molecule has 0 unspecified atom stereocenters. The molecular weight excluding hydrogens is 348 g/mol. The molecule has 0 aromatic carbocycles. The van der Waals surface area contributed by atoms with Crippen LogP contribution < -0.4 is 5.32 Å². The number of rotatable bonds is 5. The van der Waals surface area contributed by atoms with E-state index in [-0.39, 0.29) is 0 Å². The van der Waals surface area contributed by atoms with E-state index < -0.39 is 0 Å². The summed E-state index contributed by atoms with van der Waals surface area (Å²) in [4.78, 5) is 18.0. The highest BCUT2D eigenvalue weighted by molar-refractivity contribution is 5.65. The van der Waals surface area contributed by atoms with Gasteiger partial charge in [-0.3, -0.25) is 14.4 Å². The second kappa shape index (κ2) is 6.71. The van der Waals surface area contributed by atoms with Crippen molar-refractivity contribution in [3.8, 4) is 11.3 Å². The largest absolute Gasteiger partial charge is 0.363 e. The lowest BCUT2D eigenvalue weighted by Gasteiger charge is -2.10. The summed E-state index contributed by atoms with van der Waals surface area (Å²) in [5.74, 6) is 1.46. The van der Waals surface area contributed by atoms with Crippen molar-refractivity contribution >= 4 is 11.5 Å². The van der Waals surface area contributed by atoms with E-state index in [1.807, 2.05) is 44.0 Å². The number of anilines is 1. The lowest BCUT2D eigenvalue weighted by Crippen LogP contribution is -2.05. The predicted octanol–water partition coefficient (Wildman–Crippen LogP) is 4.29. The first-order valence-electron chi connectivity index (χ1n) is 9.63. The third kappa shape index (κ3) is 3.11. The summed E-state index contributed by atoms with van der Waals surface area (Å²) in [6, 6.07) is 6.24. The molecule has 1 aliphatic rings. The SMILES string of the molecule is Cc1cc(-c2ncc(CNc3nccn4c(C5CC5)cnc34)cc2C)ccn1. The second-order valence-electron chi connectivity index (χ2n) is 7.48. The number of aromatic nitrogens is 5. The van der Waals surface area contributed by atoms with E-state index in [0.717, 1.165) is 39.5 Å². The molecule has 0 spiro atoms. The van der Waals surface area contributed by atoms with Crippen LogP contribution in [-0.2, 0) is 6.54 Å². The van der Waals surface area contributed by atoms with Crippen LogP contribution in [0.4, 0.5) is 5.82 Å². The van der Waals surface area contributed by atoms with Crippen LogP contribution in [0.3, 0.4) is 0 Å². The minimum atomic E-state index is 0.654. The van der Waals surface area contributed by atoms with Crippen molar-refractivity contribution in [3.63, 3.8) is 0 Å². The average molecular weight is 370 g/mol. The minimum Gasteiger partial charge on any atom is -0.363 e. The van der Waals surface area contributed by atoms with Crippen LogP contribution in [0.15, 0.2) is 49.2 Å². The monoisotopic (exact) mass is 370 g/mol. The number of fused-ring (bicyclic) bond motifs is 1. The fraction of sp³-hybridized carbons (Fsp3) is 0.273. The predicted molar refractivity (Wildman–Crippen MR) is 109 cm³/mol. The number of aryl methyl sites for hydroxylation is 2. The van der Waals surface area contributed by atoms with E-state index in [2.05, 4.69) is 43.7 Å². The van der Waals surface area contributed by atoms with Gasteiger partial charge in [-0.05, 0) is 49.9 Å². The maximum Gasteiger partial charge on any atom is 0.180 e. The fourth-order valence-corrected chi connectivity index (χ4v) is 3.65. The lowest BCUT2D eigenvalue weighted by atomic mass is 10.1. The smallest absolute Gasteiger partial charge is 0.180 e. The molecule has 4 aromatic rings. The third-order valence-electron chi connectivity index (χ3n) is 5.22. The Bertz CT molecular complexity index is 1160. The van der Waals surface area contributed by atoms with Gasteiger partial charge in [-0.2, -0.15) is 0 Å². The van der Waals surface area contributed by atoms with Crippen molar-refractivity contribution in [2.24, 2.45) is 0 Å². The maximum absolute atomic E-state index is 4.69. The molecule has 0 saturated heterocycles. The van der Waals surface area contributed by atoms with Crippen LogP contribution in [0.25, 0.3) is 16.9 Å².